The molecule has 2 saturated heterocycles. The Morgan fingerprint density at radius 1 is 1.26 bits per heavy atom. The Kier molecular flexibility index (Phi) is 10.4. The summed E-state index contributed by atoms with van der Waals surface area (Å²) in [6.07, 6.45) is 2.38. The molecule has 2 rings (SSSR count). The molecule has 11 nitrogen and oxygen atoms in total. The largest absolute Gasteiger partial charge is 0.464 e. The zero-order chi connectivity index (χ0) is 25.4. The van der Waals surface area contributed by atoms with Crippen molar-refractivity contribution in [2.75, 3.05) is 40.4 Å². The molecule has 2 aliphatic rings. The van der Waals surface area contributed by atoms with E-state index >= 15 is 0 Å². The van der Waals surface area contributed by atoms with Crippen molar-refractivity contribution in [2.24, 2.45) is 5.92 Å². The summed E-state index contributed by atoms with van der Waals surface area (Å²) in [5.74, 6) is -1.16. The number of hydrogen-bond donors (Lipinski definition) is 2. The molecule has 0 saturated carbocycles. The lowest BCUT2D eigenvalue weighted by Gasteiger charge is -2.32. The van der Waals surface area contributed by atoms with Crippen LogP contribution in [0.4, 0.5) is 0 Å². The summed E-state index contributed by atoms with van der Waals surface area (Å²) < 4.78 is 5.33. The van der Waals surface area contributed by atoms with Crippen LogP contribution < -0.4 is 5.32 Å². The van der Waals surface area contributed by atoms with Crippen molar-refractivity contribution in [1.82, 2.24) is 20.0 Å². The van der Waals surface area contributed by atoms with Gasteiger partial charge in [-0.3, -0.25) is 24.1 Å². The number of amides is 3. The Balaban J connectivity index is 1.93. The Morgan fingerprint density at radius 2 is 1.97 bits per heavy atom. The fraction of sp³-hybridized carbons (Fsp3) is 0.783. The predicted molar refractivity (Wildman–Crippen MR) is 122 cm³/mol. The molecule has 0 bridgehead atoms. The molecule has 0 radical (unpaired) electrons. The van der Waals surface area contributed by atoms with Gasteiger partial charge in [0.25, 0.3) is 0 Å². The van der Waals surface area contributed by atoms with Crippen LogP contribution in [0.1, 0.15) is 46.0 Å². The first kappa shape index (κ1) is 27.7. The fourth-order valence-electron chi connectivity index (χ4n) is 4.70. The monoisotopic (exact) mass is 482 g/mol. The number of carbonyl (C=O) groups excluding carboxylic acids is 5. The van der Waals surface area contributed by atoms with Gasteiger partial charge in [-0.1, -0.05) is 6.92 Å². The summed E-state index contributed by atoms with van der Waals surface area (Å²) in [7, 11) is 3.33. The summed E-state index contributed by atoms with van der Waals surface area (Å²) in [5, 5.41) is 11.9. The second kappa shape index (κ2) is 12.8. The van der Waals surface area contributed by atoms with E-state index in [-0.39, 0.29) is 44.0 Å². The summed E-state index contributed by atoms with van der Waals surface area (Å²) in [6.45, 7) is 4.44. The van der Waals surface area contributed by atoms with E-state index < -0.39 is 29.9 Å². The molecule has 0 spiro atoms. The van der Waals surface area contributed by atoms with E-state index in [0.29, 0.717) is 31.6 Å². The molecule has 2 fully saturated rings. The van der Waals surface area contributed by atoms with Crippen molar-refractivity contribution in [1.29, 1.82) is 0 Å². The molecule has 0 aromatic heterocycles. The van der Waals surface area contributed by atoms with Gasteiger partial charge < -0.3 is 29.8 Å². The Labute approximate surface area is 200 Å². The molecular weight excluding hydrogens is 444 g/mol. The van der Waals surface area contributed by atoms with Crippen LogP contribution in [-0.2, 0) is 28.7 Å². The standard InChI is InChI=1S/C23H38N4O7/c1-15-12-19(25(3)13-15)23(33)34-11-8-20(30)27-9-5-6-18(27)22(32)26(4)17(7-10-28)21(31)24-16(2)14-29/h14-19,28H,5-13H2,1-4H3,(H,24,31). The van der Waals surface area contributed by atoms with Crippen molar-refractivity contribution >= 4 is 30.0 Å². The van der Waals surface area contributed by atoms with Gasteiger partial charge in [-0.15, -0.1) is 0 Å². The van der Waals surface area contributed by atoms with Gasteiger partial charge >= 0.3 is 5.97 Å². The Hall–Kier alpha value is -2.53. The normalized spacial score (nSPS) is 24.4. The van der Waals surface area contributed by atoms with Crippen molar-refractivity contribution < 1.29 is 33.8 Å². The zero-order valence-electron chi connectivity index (χ0n) is 20.6. The topological polar surface area (TPSA) is 137 Å². The molecule has 5 unspecified atom stereocenters. The van der Waals surface area contributed by atoms with Crippen LogP contribution in [0.25, 0.3) is 0 Å². The highest BCUT2D eigenvalue weighted by Crippen LogP contribution is 2.23. The molecule has 11 heteroatoms. The minimum atomic E-state index is -0.968. The Bertz CT molecular complexity index is 762. The summed E-state index contributed by atoms with van der Waals surface area (Å²) >= 11 is 0. The number of rotatable bonds is 11. The van der Waals surface area contributed by atoms with E-state index in [0.717, 1.165) is 13.0 Å². The highest BCUT2D eigenvalue weighted by Gasteiger charge is 2.39. The number of likely N-dealkylation sites (N-methyl/N-ethyl adjacent to an activating group) is 2. The molecule has 3 amide bonds. The number of carbonyl (C=O) groups is 5. The first-order valence-electron chi connectivity index (χ1n) is 11.9. The highest BCUT2D eigenvalue weighted by molar-refractivity contribution is 5.93. The molecular formula is C23H38N4O7. The first-order chi connectivity index (χ1) is 16.1. The van der Waals surface area contributed by atoms with Gasteiger partial charge in [0.1, 0.15) is 31.0 Å². The average molecular weight is 483 g/mol. The second-order valence-electron chi connectivity index (χ2n) is 9.37. The lowest BCUT2D eigenvalue weighted by Crippen LogP contribution is -2.55. The minimum Gasteiger partial charge on any atom is -0.464 e. The Morgan fingerprint density at radius 3 is 2.56 bits per heavy atom. The van der Waals surface area contributed by atoms with Gasteiger partial charge in [0.05, 0.1) is 12.5 Å². The molecule has 0 aliphatic carbocycles. The molecule has 192 valence electrons. The fourth-order valence-corrected chi connectivity index (χ4v) is 4.70. The average Bonchev–Trinajstić information content (AvgIpc) is 3.42. The van der Waals surface area contributed by atoms with E-state index in [9.17, 15) is 29.1 Å². The molecule has 34 heavy (non-hydrogen) atoms. The first-order valence-corrected chi connectivity index (χ1v) is 11.9. The highest BCUT2D eigenvalue weighted by atomic mass is 16.5. The number of likely N-dealkylation sites (tertiary alicyclic amines) is 2. The third kappa shape index (κ3) is 6.99. The molecule has 2 N–H and O–H groups in total. The molecule has 0 aromatic rings. The molecule has 5 atom stereocenters. The quantitative estimate of drug-likeness (QED) is 0.287. The van der Waals surface area contributed by atoms with Crippen molar-refractivity contribution in [2.45, 2.75) is 70.1 Å². The molecule has 2 aliphatic heterocycles. The van der Waals surface area contributed by atoms with E-state index in [4.69, 9.17) is 4.74 Å². The van der Waals surface area contributed by atoms with Crippen LogP contribution in [0.2, 0.25) is 0 Å². The van der Waals surface area contributed by atoms with Crippen LogP contribution in [0.15, 0.2) is 0 Å². The number of hydrogen-bond acceptors (Lipinski definition) is 8. The maximum absolute atomic E-state index is 13.2. The summed E-state index contributed by atoms with van der Waals surface area (Å²) in [4.78, 5) is 66.4. The van der Waals surface area contributed by atoms with Gasteiger partial charge in [-0.05, 0) is 45.6 Å². The number of aliphatic hydroxyl groups excluding tert-OH is 1. The van der Waals surface area contributed by atoms with Crippen LogP contribution in [0.3, 0.4) is 0 Å². The number of aldehydes is 1. The number of esters is 1. The zero-order valence-corrected chi connectivity index (χ0v) is 20.6. The van der Waals surface area contributed by atoms with Crippen LogP contribution in [-0.4, -0.2) is 114 Å². The van der Waals surface area contributed by atoms with Gasteiger partial charge in [-0.2, -0.15) is 0 Å². The lowest BCUT2D eigenvalue weighted by atomic mass is 10.1. The SMILES string of the molecule is CC1CC(C(=O)OCCC(=O)N2CCCC2C(=O)N(C)C(CCO)C(=O)NC(C)C=O)N(C)C1. The van der Waals surface area contributed by atoms with Gasteiger partial charge in [0.2, 0.25) is 17.7 Å². The summed E-state index contributed by atoms with van der Waals surface area (Å²) in [6, 6.07) is -2.72. The third-order valence-corrected chi connectivity index (χ3v) is 6.54. The maximum Gasteiger partial charge on any atom is 0.323 e. The second-order valence-corrected chi connectivity index (χ2v) is 9.37. The van der Waals surface area contributed by atoms with Crippen LogP contribution >= 0.6 is 0 Å². The van der Waals surface area contributed by atoms with E-state index in [2.05, 4.69) is 12.2 Å². The number of nitrogens with one attached hydrogen (secondary N) is 1. The van der Waals surface area contributed by atoms with Crippen molar-refractivity contribution in [3.8, 4) is 0 Å². The molecule has 0 aromatic carbocycles. The van der Waals surface area contributed by atoms with Crippen LogP contribution in [0.5, 0.6) is 0 Å². The maximum atomic E-state index is 13.2. The van der Waals surface area contributed by atoms with Crippen molar-refractivity contribution in [3.63, 3.8) is 0 Å². The van der Waals surface area contributed by atoms with Gasteiger partial charge in [-0.25, -0.2) is 0 Å². The van der Waals surface area contributed by atoms with Gasteiger partial charge in [0, 0.05) is 26.7 Å². The van der Waals surface area contributed by atoms with E-state index in [1.54, 1.807) is 0 Å². The number of ether oxygens (including phenoxy) is 1. The molecule has 2 heterocycles. The van der Waals surface area contributed by atoms with Gasteiger partial charge in [0.15, 0.2) is 0 Å². The number of nitrogens with zero attached hydrogens (tertiary/aromatic N) is 3. The lowest BCUT2D eigenvalue weighted by molar-refractivity contribution is -0.151. The van der Waals surface area contributed by atoms with E-state index in [1.807, 2.05) is 11.9 Å². The minimum absolute atomic E-state index is 0.00446. The third-order valence-electron chi connectivity index (χ3n) is 6.54. The predicted octanol–water partition coefficient (Wildman–Crippen LogP) is -0.836. The van der Waals surface area contributed by atoms with Crippen molar-refractivity contribution in [3.05, 3.63) is 0 Å². The smallest absolute Gasteiger partial charge is 0.323 e. The number of aliphatic hydroxyl groups is 1. The summed E-state index contributed by atoms with van der Waals surface area (Å²) in [5.41, 5.74) is 0. The van der Waals surface area contributed by atoms with Crippen LogP contribution in [0, 0.1) is 5.92 Å². The van der Waals surface area contributed by atoms with E-state index in [1.165, 1.54) is 23.8 Å².